The summed E-state index contributed by atoms with van der Waals surface area (Å²) in [5, 5.41) is 48.2. The molecule has 0 aromatic rings. The van der Waals surface area contributed by atoms with Crippen molar-refractivity contribution in [2.75, 3.05) is 6.61 Å². The van der Waals surface area contributed by atoms with Crippen molar-refractivity contribution in [1.29, 1.82) is 0 Å². The third-order valence-corrected chi connectivity index (χ3v) is 3.56. The van der Waals surface area contributed by atoms with Gasteiger partial charge in [0.15, 0.2) is 0 Å². The first kappa shape index (κ1) is 17.5. The summed E-state index contributed by atoms with van der Waals surface area (Å²) in [5.41, 5.74) is 0. The van der Waals surface area contributed by atoms with Crippen molar-refractivity contribution in [1.82, 2.24) is 0 Å². The zero-order valence-corrected chi connectivity index (χ0v) is 11.6. The average Bonchev–Trinajstić information content (AvgIpc) is 2.41. The van der Waals surface area contributed by atoms with Crippen LogP contribution < -0.4 is 0 Å². The Morgan fingerprint density at radius 3 is 2.40 bits per heavy atom. The van der Waals surface area contributed by atoms with E-state index in [2.05, 4.69) is 0 Å². The number of hydrogen-bond acceptors (Lipinski definition) is 7. The van der Waals surface area contributed by atoms with Crippen molar-refractivity contribution in [3.8, 4) is 0 Å². The molecule has 1 rings (SSSR count). The van der Waals surface area contributed by atoms with E-state index in [-0.39, 0.29) is 12.2 Å². The van der Waals surface area contributed by atoms with E-state index in [0.29, 0.717) is 6.42 Å². The largest absolute Gasteiger partial charge is 0.394 e. The lowest BCUT2D eigenvalue weighted by Crippen LogP contribution is -2.65. The minimum atomic E-state index is -2.28. The van der Waals surface area contributed by atoms with Crippen molar-refractivity contribution >= 4 is 5.78 Å². The summed E-state index contributed by atoms with van der Waals surface area (Å²) in [6, 6.07) is 0. The van der Waals surface area contributed by atoms with Gasteiger partial charge in [0.25, 0.3) is 0 Å². The molecule has 0 radical (unpaired) electrons. The minimum Gasteiger partial charge on any atom is -0.394 e. The van der Waals surface area contributed by atoms with Gasteiger partial charge in [-0.3, -0.25) is 4.79 Å². The number of Topliss-reactive ketones (excluding diaryl/α,β-unsaturated/α-hetero) is 1. The molecule has 1 aliphatic heterocycles. The van der Waals surface area contributed by atoms with Crippen LogP contribution >= 0.6 is 0 Å². The number of ether oxygens (including phenoxy) is 1. The topological polar surface area (TPSA) is 127 Å². The Hall–Kier alpha value is -0.570. The Morgan fingerprint density at radius 1 is 1.20 bits per heavy atom. The highest BCUT2D eigenvalue weighted by molar-refractivity contribution is 5.79. The van der Waals surface area contributed by atoms with Gasteiger partial charge in [-0.25, -0.2) is 0 Å². The average molecular weight is 292 g/mol. The van der Waals surface area contributed by atoms with Gasteiger partial charge < -0.3 is 30.3 Å². The van der Waals surface area contributed by atoms with E-state index >= 15 is 0 Å². The van der Waals surface area contributed by atoms with Crippen molar-refractivity contribution in [2.24, 2.45) is 0 Å². The van der Waals surface area contributed by atoms with Crippen molar-refractivity contribution in [2.45, 2.75) is 69.2 Å². The normalized spacial score (nSPS) is 37.9. The third-order valence-electron chi connectivity index (χ3n) is 3.56. The van der Waals surface area contributed by atoms with Crippen LogP contribution in [0.15, 0.2) is 0 Å². The van der Waals surface area contributed by atoms with Crippen molar-refractivity contribution in [3.05, 3.63) is 0 Å². The summed E-state index contributed by atoms with van der Waals surface area (Å²) in [7, 11) is 0. The standard InChI is InChI=1S/C13H24O7/c1-2-3-4-5-8(15)6-13(19)12(18)11(17)10(16)9(7-14)20-13/h9-12,14,16-19H,2-7H2,1H3/t9-,10+,11+,12-,13-/m1/s1. The molecule has 118 valence electrons. The molecule has 5 N–H and O–H groups in total. The van der Waals surface area contributed by atoms with Crippen LogP contribution in [0.1, 0.15) is 39.0 Å². The lowest BCUT2D eigenvalue weighted by molar-refractivity contribution is -0.347. The lowest BCUT2D eigenvalue weighted by Gasteiger charge is -2.45. The van der Waals surface area contributed by atoms with Crippen LogP contribution in [0.5, 0.6) is 0 Å². The highest BCUT2D eigenvalue weighted by Crippen LogP contribution is 2.31. The molecule has 1 fully saturated rings. The highest BCUT2D eigenvalue weighted by atomic mass is 16.7. The Labute approximate surface area is 117 Å². The molecule has 0 aromatic carbocycles. The van der Waals surface area contributed by atoms with Gasteiger partial charge in [-0.05, 0) is 6.42 Å². The summed E-state index contributed by atoms with van der Waals surface area (Å²) in [5.74, 6) is -2.59. The Kier molecular flexibility index (Phi) is 6.50. The number of hydrogen-bond donors (Lipinski definition) is 5. The fourth-order valence-corrected chi connectivity index (χ4v) is 2.31. The van der Waals surface area contributed by atoms with Crippen molar-refractivity contribution in [3.63, 3.8) is 0 Å². The number of unbranched alkanes of at least 4 members (excludes halogenated alkanes) is 2. The van der Waals surface area contributed by atoms with E-state index in [1.54, 1.807) is 0 Å². The van der Waals surface area contributed by atoms with Crippen molar-refractivity contribution < 1.29 is 35.1 Å². The smallest absolute Gasteiger partial charge is 0.202 e. The first-order chi connectivity index (χ1) is 9.35. The summed E-state index contributed by atoms with van der Waals surface area (Å²) in [6.45, 7) is 1.35. The van der Waals surface area contributed by atoms with Gasteiger partial charge in [0, 0.05) is 6.42 Å². The van der Waals surface area contributed by atoms with E-state index < -0.39 is 43.2 Å². The van der Waals surface area contributed by atoms with Crippen LogP contribution in [0.25, 0.3) is 0 Å². The first-order valence-electron chi connectivity index (χ1n) is 6.92. The summed E-state index contributed by atoms with van der Waals surface area (Å²) >= 11 is 0. The van der Waals surface area contributed by atoms with Gasteiger partial charge in [-0.1, -0.05) is 19.8 Å². The molecular weight excluding hydrogens is 268 g/mol. The van der Waals surface area contributed by atoms with Crippen LogP contribution in [0, 0.1) is 0 Å². The monoisotopic (exact) mass is 292 g/mol. The van der Waals surface area contributed by atoms with E-state index in [4.69, 9.17) is 9.84 Å². The molecule has 0 aliphatic carbocycles. The minimum absolute atomic E-state index is 0.245. The van der Waals surface area contributed by atoms with Crippen LogP contribution in [0.4, 0.5) is 0 Å². The second kappa shape index (κ2) is 7.44. The zero-order chi connectivity index (χ0) is 15.3. The van der Waals surface area contributed by atoms with Crippen LogP contribution in [0.3, 0.4) is 0 Å². The molecule has 0 bridgehead atoms. The third kappa shape index (κ3) is 3.97. The molecule has 20 heavy (non-hydrogen) atoms. The second-order valence-electron chi connectivity index (χ2n) is 5.28. The van der Waals surface area contributed by atoms with E-state index in [1.807, 2.05) is 6.92 Å². The molecule has 0 saturated carbocycles. The highest BCUT2D eigenvalue weighted by Gasteiger charge is 2.53. The number of aliphatic hydroxyl groups is 5. The Balaban J connectivity index is 2.67. The number of ketones is 1. The molecule has 1 aliphatic rings. The van der Waals surface area contributed by atoms with Gasteiger partial charge in [-0.2, -0.15) is 0 Å². The van der Waals surface area contributed by atoms with Crippen LogP contribution in [0.2, 0.25) is 0 Å². The van der Waals surface area contributed by atoms with Gasteiger partial charge >= 0.3 is 0 Å². The molecule has 7 nitrogen and oxygen atoms in total. The second-order valence-corrected chi connectivity index (χ2v) is 5.28. The summed E-state index contributed by atoms with van der Waals surface area (Å²) in [4.78, 5) is 11.8. The van der Waals surface area contributed by atoms with Crippen LogP contribution in [-0.4, -0.2) is 68.1 Å². The fourth-order valence-electron chi connectivity index (χ4n) is 2.31. The molecule has 0 spiro atoms. The Bertz CT molecular complexity index is 320. The SMILES string of the molecule is CCCCCC(=O)C[C@@]1(O)O[C@H](CO)[C@H](O)[C@H](O)[C@H]1O. The molecular formula is C13H24O7. The van der Waals surface area contributed by atoms with E-state index in [0.717, 1.165) is 12.8 Å². The van der Waals surface area contributed by atoms with Gasteiger partial charge in [0.1, 0.15) is 30.2 Å². The molecule has 0 unspecified atom stereocenters. The lowest BCUT2D eigenvalue weighted by atomic mass is 9.89. The fraction of sp³-hybridized carbons (Fsp3) is 0.923. The number of rotatable bonds is 7. The maximum atomic E-state index is 11.8. The van der Waals surface area contributed by atoms with Gasteiger partial charge in [0.2, 0.25) is 5.79 Å². The predicted octanol–water partition coefficient (Wildman–Crippen LogP) is -1.31. The predicted molar refractivity (Wildman–Crippen MR) is 68.7 cm³/mol. The maximum Gasteiger partial charge on any atom is 0.202 e. The Morgan fingerprint density at radius 2 is 1.85 bits per heavy atom. The molecule has 1 saturated heterocycles. The zero-order valence-electron chi connectivity index (χ0n) is 11.6. The molecule has 1 heterocycles. The maximum absolute atomic E-state index is 11.8. The summed E-state index contributed by atoms with van der Waals surface area (Å²) < 4.78 is 5.02. The van der Waals surface area contributed by atoms with Crippen LogP contribution in [-0.2, 0) is 9.53 Å². The summed E-state index contributed by atoms with van der Waals surface area (Å²) in [6.07, 6.45) is -4.00. The number of carbonyl (C=O) groups is 1. The molecule has 0 amide bonds. The first-order valence-corrected chi connectivity index (χ1v) is 6.92. The molecule has 7 heteroatoms. The van der Waals surface area contributed by atoms with Gasteiger partial charge in [-0.15, -0.1) is 0 Å². The van der Waals surface area contributed by atoms with E-state index in [1.165, 1.54) is 0 Å². The molecule has 0 aromatic heterocycles. The van der Waals surface area contributed by atoms with E-state index in [9.17, 15) is 25.2 Å². The number of carbonyl (C=O) groups excluding carboxylic acids is 1. The molecule has 5 atom stereocenters. The number of aliphatic hydroxyl groups excluding tert-OH is 4. The van der Waals surface area contributed by atoms with Gasteiger partial charge in [0.05, 0.1) is 13.0 Å². The quantitative estimate of drug-likeness (QED) is 0.369.